The number of aliphatic hydroxyl groups excluding tert-OH is 5. The van der Waals surface area contributed by atoms with Crippen LogP contribution in [0.3, 0.4) is 0 Å². The molecule has 0 aromatic carbocycles. The number of unbranched alkanes of at least 4 members (excludes halogenated alkanes) is 23. The lowest BCUT2D eigenvalue weighted by atomic mass is 9.99. The Morgan fingerprint density at radius 3 is 1.33 bits per heavy atom. The molecule has 11 nitrogen and oxygen atoms in total. The summed E-state index contributed by atoms with van der Waals surface area (Å²) in [5.74, 6) is -1.23. The van der Waals surface area contributed by atoms with Crippen LogP contribution in [0, 0.1) is 0 Å². The smallest absolute Gasteiger partial charge is 0.306 e. The van der Waals surface area contributed by atoms with Gasteiger partial charge in [-0.2, -0.15) is 0 Å². The van der Waals surface area contributed by atoms with Crippen LogP contribution in [0.15, 0.2) is 122 Å². The zero-order valence-electron chi connectivity index (χ0n) is 52.5. The van der Waals surface area contributed by atoms with Crippen molar-refractivity contribution in [3.05, 3.63) is 122 Å². The lowest BCUT2D eigenvalue weighted by Gasteiger charge is -2.41. The second-order valence-electron chi connectivity index (χ2n) is 22.5. The Balaban J connectivity index is 2.60. The fraction of sp³-hybridized carbons (Fsp3) is 0.694. The molecule has 1 fully saturated rings. The van der Waals surface area contributed by atoms with Crippen LogP contribution < -0.4 is 5.32 Å². The predicted molar refractivity (Wildman–Crippen MR) is 347 cm³/mol. The molecule has 0 spiro atoms. The van der Waals surface area contributed by atoms with Crippen molar-refractivity contribution in [2.75, 3.05) is 13.2 Å². The van der Waals surface area contributed by atoms with Gasteiger partial charge in [0.2, 0.25) is 5.91 Å². The molecule has 11 heteroatoms. The molecular formula is C72H121NO10. The van der Waals surface area contributed by atoms with Crippen molar-refractivity contribution in [1.29, 1.82) is 0 Å². The second-order valence-corrected chi connectivity index (χ2v) is 22.5. The summed E-state index contributed by atoms with van der Waals surface area (Å²) in [5.41, 5.74) is 0. The SMILES string of the molecule is CC/C=C\C/C=C\C/C=C\C/C=C\C/C=C\C/C=C\CCCCCCCCCCC(=O)OC1C(OCC(NC(=O)C(O)CCCCC/C=C\C/C=C\C/C=C\CCCCC)C(O)/C=C/CCCCCCCCCCC)OC(CO)C(O)C1O. The first-order chi connectivity index (χ1) is 40.7. The maximum atomic E-state index is 13.4. The maximum Gasteiger partial charge on any atom is 0.306 e. The van der Waals surface area contributed by atoms with Crippen LogP contribution in [0.4, 0.5) is 0 Å². The van der Waals surface area contributed by atoms with E-state index in [9.17, 15) is 35.1 Å². The van der Waals surface area contributed by atoms with Gasteiger partial charge in [-0.1, -0.05) is 258 Å². The van der Waals surface area contributed by atoms with E-state index >= 15 is 0 Å². The topological polar surface area (TPSA) is 175 Å². The molecule has 8 unspecified atom stereocenters. The highest BCUT2D eigenvalue weighted by Crippen LogP contribution is 2.26. The Morgan fingerprint density at radius 2 is 0.867 bits per heavy atom. The third-order valence-electron chi connectivity index (χ3n) is 14.8. The summed E-state index contributed by atoms with van der Waals surface area (Å²) in [6, 6.07) is -1.04. The van der Waals surface area contributed by atoms with Gasteiger partial charge in [0.1, 0.15) is 24.4 Å². The molecule has 1 amide bonds. The van der Waals surface area contributed by atoms with Crippen molar-refractivity contribution in [3.63, 3.8) is 0 Å². The zero-order valence-corrected chi connectivity index (χ0v) is 52.5. The molecule has 0 bridgehead atoms. The number of esters is 1. The van der Waals surface area contributed by atoms with Gasteiger partial charge in [-0.3, -0.25) is 9.59 Å². The Morgan fingerprint density at radius 1 is 0.482 bits per heavy atom. The summed E-state index contributed by atoms with van der Waals surface area (Å²) in [4.78, 5) is 26.6. The Labute approximate surface area is 506 Å². The lowest BCUT2D eigenvalue weighted by Crippen LogP contribution is -2.61. The highest BCUT2D eigenvalue weighted by molar-refractivity contribution is 5.80. The van der Waals surface area contributed by atoms with Crippen LogP contribution in [-0.2, 0) is 23.8 Å². The third-order valence-corrected chi connectivity index (χ3v) is 14.8. The molecule has 1 aliphatic heterocycles. The van der Waals surface area contributed by atoms with E-state index in [-0.39, 0.29) is 19.4 Å². The number of carbonyl (C=O) groups is 2. The van der Waals surface area contributed by atoms with Crippen LogP contribution in [0.5, 0.6) is 0 Å². The number of ether oxygens (including phenoxy) is 3. The van der Waals surface area contributed by atoms with Crippen LogP contribution in [-0.4, -0.2) is 99.6 Å². The number of nitrogens with one attached hydrogen (secondary N) is 1. The first kappa shape index (κ1) is 77.1. The number of rotatable bonds is 55. The Hall–Kier alpha value is -3.94. The summed E-state index contributed by atoms with van der Waals surface area (Å²) in [6.07, 6.45) is 70.9. The van der Waals surface area contributed by atoms with Crippen LogP contribution in [0.25, 0.3) is 0 Å². The molecule has 1 rings (SSSR count). The van der Waals surface area contributed by atoms with Crippen molar-refractivity contribution >= 4 is 11.9 Å². The molecule has 0 aromatic heterocycles. The number of amides is 1. The van der Waals surface area contributed by atoms with E-state index < -0.39 is 67.4 Å². The summed E-state index contributed by atoms with van der Waals surface area (Å²) in [6.45, 7) is 5.62. The van der Waals surface area contributed by atoms with Crippen LogP contribution >= 0.6 is 0 Å². The first-order valence-corrected chi connectivity index (χ1v) is 33.3. The van der Waals surface area contributed by atoms with Crippen molar-refractivity contribution in [1.82, 2.24) is 5.32 Å². The van der Waals surface area contributed by atoms with E-state index in [1.165, 1.54) is 77.0 Å². The van der Waals surface area contributed by atoms with E-state index in [4.69, 9.17) is 14.2 Å². The summed E-state index contributed by atoms with van der Waals surface area (Å²) >= 11 is 0. The number of aliphatic hydroxyl groups is 5. The minimum absolute atomic E-state index is 0.104. The predicted octanol–water partition coefficient (Wildman–Crippen LogP) is 16.6. The largest absolute Gasteiger partial charge is 0.454 e. The highest BCUT2D eigenvalue weighted by Gasteiger charge is 2.47. The molecule has 0 radical (unpaired) electrons. The number of allylic oxidation sites excluding steroid dienone is 19. The average Bonchev–Trinajstić information content (AvgIpc) is 3.68. The molecule has 6 N–H and O–H groups in total. The molecular weight excluding hydrogens is 1040 g/mol. The van der Waals surface area contributed by atoms with Gasteiger partial charge < -0.3 is 45.1 Å². The minimum Gasteiger partial charge on any atom is -0.454 e. The molecule has 474 valence electrons. The summed E-state index contributed by atoms with van der Waals surface area (Å²) < 4.78 is 17.6. The second kappa shape index (κ2) is 58.4. The van der Waals surface area contributed by atoms with Gasteiger partial charge in [-0.05, 0) is 116 Å². The van der Waals surface area contributed by atoms with Crippen LogP contribution in [0.1, 0.15) is 258 Å². The molecule has 8 atom stereocenters. The van der Waals surface area contributed by atoms with E-state index in [1.54, 1.807) is 6.08 Å². The fourth-order valence-corrected chi connectivity index (χ4v) is 9.60. The minimum atomic E-state index is -1.63. The van der Waals surface area contributed by atoms with Gasteiger partial charge in [0.05, 0.1) is 25.4 Å². The lowest BCUT2D eigenvalue weighted by molar-refractivity contribution is -0.305. The normalized spacial score (nSPS) is 19.3. The zero-order chi connectivity index (χ0) is 60.3. The van der Waals surface area contributed by atoms with Crippen molar-refractivity contribution in [2.24, 2.45) is 0 Å². The number of carbonyl (C=O) groups excluding carboxylic acids is 2. The Bertz CT molecular complexity index is 1810. The highest BCUT2D eigenvalue weighted by atomic mass is 16.7. The first-order valence-electron chi connectivity index (χ1n) is 33.3. The van der Waals surface area contributed by atoms with Crippen molar-refractivity contribution in [3.8, 4) is 0 Å². The molecule has 1 heterocycles. The summed E-state index contributed by atoms with van der Waals surface area (Å²) in [7, 11) is 0. The Kier molecular flexibility index (Phi) is 54.3. The van der Waals surface area contributed by atoms with Crippen molar-refractivity contribution in [2.45, 2.75) is 307 Å². The van der Waals surface area contributed by atoms with Gasteiger partial charge in [0, 0.05) is 6.42 Å². The maximum absolute atomic E-state index is 13.4. The van der Waals surface area contributed by atoms with Gasteiger partial charge in [-0.25, -0.2) is 0 Å². The van der Waals surface area contributed by atoms with Gasteiger partial charge in [-0.15, -0.1) is 0 Å². The van der Waals surface area contributed by atoms with E-state index in [0.29, 0.717) is 12.8 Å². The molecule has 83 heavy (non-hydrogen) atoms. The third kappa shape index (κ3) is 46.0. The van der Waals surface area contributed by atoms with Gasteiger partial charge in [0.25, 0.3) is 0 Å². The molecule has 1 saturated heterocycles. The van der Waals surface area contributed by atoms with Gasteiger partial charge in [0.15, 0.2) is 12.4 Å². The summed E-state index contributed by atoms with van der Waals surface area (Å²) in [5, 5.41) is 57.0. The standard InChI is InChI=1S/C72H121NO10/c1-4-7-10-13-16-19-22-24-26-28-29-30-31-32-33-34-35-36-37-38-40-42-45-48-51-54-57-60-67(77)83-70-69(79)68(78)66(61-74)82-72(70)81-62-63(64(75)58-55-52-49-46-43-21-18-15-12-9-6-3)73-71(80)65(76)59-56-53-50-47-44-41-39-27-25-23-20-17-14-11-8-5-2/h7,10,16-17,19-20,24-27,29-30,32-33,35-36,41,44,55,58,63-66,68-70,72,74-76,78-79H,4-6,8-9,11-15,18,21-23,28,31,34,37-40,42-43,45-54,56-57,59-62H2,1-3H3,(H,73,80)/b10-7-,19-16-,20-17-,26-24-,27-25-,30-29-,33-32-,36-35-,44-41-,58-55+. The quantitative estimate of drug-likeness (QED) is 0.0195. The fourth-order valence-electron chi connectivity index (χ4n) is 9.60. The molecule has 0 aliphatic carbocycles. The van der Waals surface area contributed by atoms with E-state index in [2.05, 4.69) is 135 Å². The number of hydrogen-bond acceptors (Lipinski definition) is 10. The van der Waals surface area contributed by atoms with E-state index in [0.717, 1.165) is 135 Å². The van der Waals surface area contributed by atoms with Crippen LogP contribution in [0.2, 0.25) is 0 Å². The molecule has 0 aromatic rings. The monoisotopic (exact) mass is 1160 g/mol. The number of hydrogen-bond donors (Lipinski definition) is 6. The average molecular weight is 1160 g/mol. The van der Waals surface area contributed by atoms with Gasteiger partial charge >= 0.3 is 5.97 Å². The molecule has 1 aliphatic rings. The van der Waals surface area contributed by atoms with E-state index in [1.807, 2.05) is 6.08 Å². The van der Waals surface area contributed by atoms with Crippen molar-refractivity contribution < 1.29 is 49.3 Å². The molecule has 0 saturated carbocycles.